The molecule has 2 aromatic carbocycles. The lowest BCUT2D eigenvalue weighted by Crippen LogP contribution is -2.20. The largest absolute Gasteiger partial charge is 0.481 e. The number of hydrogen-bond donors (Lipinski definition) is 3. The Labute approximate surface area is 186 Å². The second-order valence-corrected chi connectivity index (χ2v) is 7.80. The van der Waals surface area contributed by atoms with Crippen molar-refractivity contribution in [3.05, 3.63) is 71.4 Å². The monoisotopic (exact) mass is 451 g/mol. The molecule has 1 aliphatic carbocycles. The van der Waals surface area contributed by atoms with Crippen LogP contribution in [0.15, 0.2) is 59.9 Å². The lowest BCUT2D eigenvalue weighted by Gasteiger charge is -2.15. The number of thioether (sulfide) groups is 1. The number of benzene rings is 2. The molecule has 3 N–H and O–H groups in total. The number of aliphatic carboxylic acids is 1. The molecule has 0 fully saturated rings. The standard InChI is InChI=1S/C22H17N3O6S/c26-18(27)11-32-21-23-9-16(20(28)29)19(24-21)25-22(30)31-10-17-14-7-3-1-5-12(14)13-6-2-4-8-15(13)17/h1-9,17H,10-11H2,(H,26,27)(H,28,29)(H,23,24,25,30). The van der Waals surface area contributed by atoms with Gasteiger partial charge in [-0.1, -0.05) is 60.3 Å². The summed E-state index contributed by atoms with van der Waals surface area (Å²) >= 11 is 0.802. The molecular weight excluding hydrogens is 434 g/mol. The first-order chi connectivity index (χ1) is 15.4. The zero-order chi connectivity index (χ0) is 22.7. The summed E-state index contributed by atoms with van der Waals surface area (Å²) in [6.07, 6.45) is 0.140. The maximum atomic E-state index is 12.5. The molecule has 10 heteroatoms. The Morgan fingerprint density at radius 2 is 1.62 bits per heavy atom. The molecule has 4 rings (SSSR count). The Hall–Kier alpha value is -3.92. The number of carbonyl (C=O) groups excluding carboxylic acids is 1. The Kier molecular flexibility index (Phi) is 6.04. The highest BCUT2D eigenvalue weighted by molar-refractivity contribution is 7.99. The average molecular weight is 451 g/mol. The molecule has 0 bridgehead atoms. The molecule has 0 atom stereocenters. The molecule has 1 aliphatic rings. The van der Waals surface area contributed by atoms with Crippen LogP contribution in [0, 0.1) is 0 Å². The summed E-state index contributed by atoms with van der Waals surface area (Å²) in [5.74, 6) is -3.14. The molecule has 0 saturated carbocycles. The first kappa shape index (κ1) is 21.3. The number of anilines is 1. The minimum absolute atomic E-state index is 0.0198. The number of ether oxygens (including phenoxy) is 1. The van der Waals surface area contributed by atoms with Crippen molar-refractivity contribution < 1.29 is 29.3 Å². The van der Waals surface area contributed by atoms with Crippen LogP contribution in [0.4, 0.5) is 10.6 Å². The maximum Gasteiger partial charge on any atom is 0.412 e. The minimum atomic E-state index is -1.34. The normalized spacial score (nSPS) is 12.0. The number of carboxylic acids is 2. The van der Waals surface area contributed by atoms with E-state index < -0.39 is 18.0 Å². The fourth-order valence-electron chi connectivity index (χ4n) is 3.54. The molecule has 3 aromatic rings. The van der Waals surface area contributed by atoms with Gasteiger partial charge >= 0.3 is 18.0 Å². The van der Waals surface area contributed by atoms with Crippen LogP contribution in [-0.4, -0.2) is 50.6 Å². The molecule has 0 unspecified atom stereocenters. The summed E-state index contributed by atoms with van der Waals surface area (Å²) in [5, 5.41) is 20.5. The van der Waals surface area contributed by atoms with Crippen LogP contribution < -0.4 is 5.32 Å². The fourth-order valence-corrected chi connectivity index (χ4v) is 4.08. The number of nitrogens with one attached hydrogen (secondary N) is 1. The minimum Gasteiger partial charge on any atom is -0.481 e. The highest BCUT2D eigenvalue weighted by Crippen LogP contribution is 2.44. The van der Waals surface area contributed by atoms with E-state index in [1.165, 1.54) is 0 Å². The summed E-state index contributed by atoms with van der Waals surface area (Å²) in [6.45, 7) is 0.0496. The number of fused-ring (bicyclic) bond motifs is 3. The smallest absolute Gasteiger partial charge is 0.412 e. The second kappa shape index (κ2) is 9.06. The molecule has 0 radical (unpaired) electrons. The van der Waals surface area contributed by atoms with Crippen molar-refractivity contribution in [2.45, 2.75) is 11.1 Å². The van der Waals surface area contributed by atoms with Gasteiger partial charge < -0.3 is 14.9 Å². The number of aromatic carboxylic acids is 1. The number of carbonyl (C=O) groups is 3. The van der Waals surface area contributed by atoms with Crippen molar-refractivity contribution >= 4 is 35.6 Å². The lowest BCUT2D eigenvalue weighted by atomic mass is 9.98. The molecule has 32 heavy (non-hydrogen) atoms. The van der Waals surface area contributed by atoms with Crippen LogP contribution in [0.25, 0.3) is 11.1 Å². The molecule has 9 nitrogen and oxygen atoms in total. The summed E-state index contributed by atoms with van der Waals surface area (Å²) in [6, 6.07) is 15.8. The van der Waals surface area contributed by atoms with E-state index in [-0.39, 0.29) is 34.8 Å². The molecule has 1 aromatic heterocycles. The lowest BCUT2D eigenvalue weighted by molar-refractivity contribution is -0.133. The zero-order valence-corrected chi connectivity index (χ0v) is 17.3. The number of hydrogen-bond acceptors (Lipinski definition) is 7. The van der Waals surface area contributed by atoms with E-state index in [4.69, 9.17) is 9.84 Å². The average Bonchev–Trinajstić information content (AvgIpc) is 3.10. The second-order valence-electron chi connectivity index (χ2n) is 6.85. The summed E-state index contributed by atoms with van der Waals surface area (Å²) in [4.78, 5) is 42.4. The zero-order valence-electron chi connectivity index (χ0n) is 16.5. The molecule has 1 heterocycles. The predicted molar refractivity (Wildman–Crippen MR) is 116 cm³/mol. The quantitative estimate of drug-likeness (QED) is 0.362. The van der Waals surface area contributed by atoms with Gasteiger partial charge in [-0.05, 0) is 22.3 Å². The highest BCUT2D eigenvalue weighted by atomic mass is 32.2. The van der Waals surface area contributed by atoms with Crippen molar-refractivity contribution in [1.29, 1.82) is 0 Å². The van der Waals surface area contributed by atoms with Gasteiger partial charge in [0.15, 0.2) is 11.0 Å². The van der Waals surface area contributed by atoms with E-state index in [9.17, 15) is 19.5 Å². The van der Waals surface area contributed by atoms with Gasteiger partial charge in [-0.15, -0.1) is 0 Å². The van der Waals surface area contributed by atoms with Crippen LogP contribution in [-0.2, 0) is 9.53 Å². The van der Waals surface area contributed by atoms with Gasteiger partial charge in [-0.3, -0.25) is 10.1 Å². The van der Waals surface area contributed by atoms with Gasteiger partial charge in [0, 0.05) is 12.1 Å². The number of rotatable bonds is 7. The summed E-state index contributed by atoms with van der Waals surface area (Å²) in [5.41, 5.74) is 3.92. The van der Waals surface area contributed by atoms with Crippen molar-refractivity contribution in [1.82, 2.24) is 9.97 Å². The predicted octanol–water partition coefficient (Wildman–Crippen LogP) is 3.71. The van der Waals surface area contributed by atoms with Gasteiger partial charge in [0.1, 0.15) is 12.2 Å². The van der Waals surface area contributed by atoms with Crippen LogP contribution in [0.2, 0.25) is 0 Å². The maximum absolute atomic E-state index is 12.5. The molecule has 162 valence electrons. The van der Waals surface area contributed by atoms with Crippen LogP contribution in [0.1, 0.15) is 27.4 Å². The van der Waals surface area contributed by atoms with Crippen molar-refractivity contribution in [3.8, 4) is 11.1 Å². The van der Waals surface area contributed by atoms with E-state index in [1.54, 1.807) is 0 Å². The Bertz CT molecular complexity index is 1170. The van der Waals surface area contributed by atoms with Crippen molar-refractivity contribution in [2.75, 3.05) is 17.7 Å². The van der Waals surface area contributed by atoms with Gasteiger partial charge in [0.05, 0.1) is 5.75 Å². The molecule has 0 aliphatic heterocycles. The van der Waals surface area contributed by atoms with Crippen molar-refractivity contribution in [3.63, 3.8) is 0 Å². The van der Waals surface area contributed by atoms with Crippen LogP contribution in [0.5, 0.6) is 0 Å². The van der Waals surface area contributed by atoms with Crippen molar-refractivity contribution in [2.24, 2.45) is 0 Å². The third kappa shape index (κ3) is 4.40. The first-order valence-electron chi connectivity index (χ1n) is 9.51. The van der Waals surface area contributed by atoms with Crippen LogP contribution >= 0.6 is 11.8 Å². The number of carboxylic acid groups (broad SMARTS) is 2. The van der Waals surface area contributed by atoms with Gasteiger partial charge in [-0.2, -0.15) is 0 Å². The third-order valence-electron chi connectivity index (χ3n) is 4.89. The molecule has 1 amide bonds. The molecule has 0 saturated heterocycles. The van der Waals surface area contributed by atoms with E-state index in [2.05, 4.69) is 15.3 Å². The van der Waals surface area contributed by atoms with Crippen LogP contribution in [0.3, 0.4) is 0 Å². The van der Waals surface area contributed by atoms with Gasteiger partial charge in [-0.25, -0.2) is 19.6 Å². The number of aromatic nitrogens is 2. The van der Waals surface area contributed by atoms with Gasteiger partial charge in [0.2, 0.25) is 0 Å². The Morgan fingerprint density at radius 1 is 1.00 bits per heavy atom. The van der Waals surface area contributed by atoms with E-state index in [0.29, 0.717) is 0 Å². The highest BCUT2D eigenvalue weighted by Gasteiger charge is 2.29. The SMILES string of the molecule is O=C(O)CSc1ncc(C(=O)O)c(NC(=O)OCC2c3ccccc3-c3ccccc32)n1. The fraction of sp³-hybridized carbons (Fsp3) is 0.136. The van der Waals surface area contributed by atoms with E-state index >= 15 is 0 Å². The summed E-state index contributed by atoms with van der Waals surface area (Å²) in [7, 11) is 0. The summed E-state index contributed by atoms with van der Waals surface area (Å²) < 4.78 is 5.41. The first-order valence-corrected chi connectivity index (χ1v) is 10.5. The third-order valence-corrected chi connectivity index (χ3v) is 5.73. The topological polar surface area (TPSA) is 139 Å². The van der Waals surface area contributed by atoms with Gasteiger partial charge in [0.25, 0.3) is 0 Å². The molecule has 0 spiro atoms. The van der Waals surface area contributed by atoms with E-state index in [0.717, 1.165) is 40.2 Å². The number of nitrogens with zero attached hydrogens (tertiary/aromatic N) is 2. The Balaban J connectivity index is 1.49. The Morgan fingerprint density at radius 3 is 2.22 bits per heavy atom. The molecular formula is C22H17N3O6S. The van der Waals surface area contributed by atoms with E-state index in [1.807, 2.05) is 48.5 Å². The number of amides is 1.